The van der Waals surface area contributed by atoms with Crippen molar-refractivity contribution >= 4 is 23.0 Å². The highest BCUT2D eigenvalue weighted by Crippen LogP contribution is 2.16. The zero-order valence-corrected chi connectivity index (χ0v) is 14.6. The molecule has 2 aromatic rings. The first kappa shape index (κ1) is 17.2. The fourth-order valence-electron chi connectivity index (χ4n) is 2.28. The largest absolute Gasteiger partial charge is 0.497 e. The number of nitrogens with one attached hydrogen (secondary N) is 2. The van der Waals surface area contributed by atoms with Crippen LogP contribution in [0.15, 0.2) is 54.6 Å². The fraction of sp³-hybridized carbons (Fsp3) is 0.278. The summed E-state index contributed by atoms with van der Waals surface area (Å²) in [4.78, 5) is 2.14. The number of thiocarbonyl (C=S) groups is 1. The number of hydrogen-bond donors (Lipinski definition) is 2. The van der Waals surface area contributed by atoms with Gasteiger partial charge < -0.3 is 20.3 Å². The van der Waals surface area contributed by atoms with Crippen molar-refractivity contribution in [1.82, 2.24) is 10.2 Å². The van der Waals surface area contributed by atoms with Gasteiger partial charge in [0.05, 0.1) is 13.2 Å². The van der Waals surface area contributed by atoms with Gasteiger partial charge in [-0.3, -0.25) is 0 Å². The number of rotatable bonds is 6. The highest BCUT2D eigenvalue weighted by atomic mass is 32.1. The quantitative estimate of drug-likeness (QED) is 0.796. The zero-order valence-electron chi connectivity index (χ0n) is 13.7. The van der Waals surface area contributed by atoms with E-state index in [9.17, 15) is 0 Å². The van der Waals surface area contributed by atoms with Crippen LogP contribution in [0.5, 0.6) is 5.75 Å². The first-order valence-electron chi connectivity index (χ1n) is 7.49. The molecule has 0 unspecified atom stereocenters. The lowest BCUT2D eigenvalue weighted by atomic mass is 10.1. The summed E-state index contributed by atoms with van der Waals surface area (Å²) in [6.07, 6.45) is 0. The van der Waals surface area contributed by atoms with Crippen molar-refractivity contribution in [1.29, 1.82) is 0 Å². The molecule has 0 fully saturated rings. The number of likely N-dealkylation sites (N-methyl/N-ethyl adjacent to an activating group) is 1. The molecule has 0 saturated carbocycles. The Morgan fingerprint density at radius 2 is 1.74 bits per heavy atom. The summed E-state index contributed by atoms with van der Waals surface area (Å²) in [5.74, 6) is 0.823. The van der Waals surface area contributed by atoms with E-state index in [0.717, 1.165) is 18.0 Å². The molecule has 0 heterocycles. The number of nitrogens with zero attached hydrogens (tertiary/aromatic N) is 1. The smallest absolute Gasteiger partial charge is 0.171 e. The predicted octanol–water partition coefficient (Wildman–Crippen LogP) is 3.28. The summed E-state index contributed by atoms with van der Waals surface area (Å²) in [6.45, 7) is 0.856. The Balaban J connectivity index is 2.02. The van der Waals surface area contributed by atoms with Crippen LogP contribution < -0.4 is 15.4 Å². The van der Waals surface area contributed by atoms with Gasteiger partial charge in [0.1, 0.15) is 5.75 Å². The first-order valence-corrected chi connectivity index (χ1v) is 7.90. The van der Waals surface area contributed by atoms with Gasteiger partial charge in [-0.25, -0.2) is 0 Å². The summed E-state index contributed by atoms with van der Waals surface area (Å²) in [5.41, 5.74) is 2.14. The summed E-state index contributed by atoms with van der Waals surface area (Å²) < 4.78 is 5.16. The molecule has 0 aromatic heterocycles. The topological polar surface area (TPSA) is 36.5 Å². The molecule has 0 spiro atoms. The molecule has 4 nitrogen and oxygen atoms in total. The van der Waals surface area contributed by atoms with Crippen molar-refractivity contribution in [2.45, 2.75) is 6.04 Å². The maximum Gasteiger partial charge on any atom is 0.171 e. The molecule has 2 aromatic carbocycles. The van der Waals surface area contributed by atoms with Crippen molar-refractivity contribution in [2.24, 2.45) is 0 Å². The third kappa shape index (κ3) is 5.54. The average Bonchev–Trinajstić information content (AvgIpc) is 2.55. The second-order valence-electron chi connectivity index (χ2n) is 5.55. The Labute approximate surface area is 143 Å². The van der Waals surface area contributed by atoms with Crippen LogP contribution >= 0.6 is 12.2 Å². The van der Waals surface area contributed by atoms with Crippen LogP contribution in [-0.4, -0.2) is 37.8 Å². The molecule has 0 saturated heterocycles. The second-order valence-corrected chi connectivity index (χ2v) is 5.96. The van der Waals surface area contributed by atoms with Crippen molar-refractivity contribution in [3.05, 3.63) is 60.2 Å². The van der Waals surface area contributed by atoms with Gasteiger partial charge in [-0.15, -0.1) is 0 Å². The Bertz CT molecular complexity index is 614. The molecule has 0 aliphatic heterocycles. The monoisotopic (exact) mass is 329 g/mol. The van der Waals surface area contributed by atoms with Crippen LogP contribution in [-0.2, 0) is 0 Å². The van der Waals surface area contributed by atoms with Crippen molar-refractivity contribution < 1.29 is 4.74 Å². The van der Waals surface area contributed by atoms with Crippen LogP contribution in [0.4, 0.5) is 5.69 Å². The van der Waals surface area contributed by atoms with E-state index in [2.05, 4.69) is 41.8 Å². The van der Waals surface area contributed by atoms with Crippen LogP contribution in [0.25, 0.3) is 0 Å². The minimum Gasteiger partial charge on any atom is -0.497 e. The van der Waals surface area contributed by atoms with E-state index in [-0.39, 0.29) is 6.04 Å². The first-order chi connectivity index (χ1) is 11.1. The number of ether oxygens (including phenoxy) is 1. The average molecular weight is 329 g/mol. The van der Waals surface area contributed by atoms with Crippen molar-refractivity contribution in [2.75, 3.05) is 33.1 Å². The van der Waals surface area contributed by atoms with E-state index in [1.807, 2.05) is 42.5 Å². The molecule has 2 rings (SSSR count). The molecule has 0 aliphatic rings. The molecule has 0 radical (unpaired) electrons. The van der Waals surface area contributed by atoms with E-state index in [1.165, 1.54) is 5.56 Å². The Kier molecular flexibility index (Phi) is 6.38. The molecule has 5 heteroatoms. The Morgan fingerprint density at radius 3 is 2.30 bits per heavy atom. The van der Waals surface area contributed by atoms with E-state index in [1.54, 1.807) is 7.11 Å². The third-order valence-corrected chi connectivity index (χ3v) is 3.62. The Hall–Kier alpha value is -2.11. The molecule has 1 atom stereocenters. The van der Waals surface area contributed by atoms with E-state index in [0.29, 0.717) is 5.11 Å². The van der Waals surface area contributed by atoms with Crippen LogP contribution in [0.3, 0.4) is 0 Å². The maximum atomic E-state index is 5.45. The van der Waals surface area contributed by atoms with Crippen molar-refractivity contribution in [3.8, 4) is 5.75 Å². The van der Waals surface area contributed by atoms with Crippen molar-refractivity contribution in [3.63, 3.8) is 0 Å². The third-order valence-electron chi connectivity index (χ3n) is 3.40. The summed E-state index contributed by atoms with van der Waals surface area (Å²) >= 11 is 5.45. The highest BCUT2D eigenvalue weighted by molar-refractivity contribution is 7.80. The number of anilines is 1. The highest BCUT2D eigenvalue weighted by Gasteiger charge is 2.13. The van der Waals surface area contributed by atoms with Gasteiger partial charge in [0.25, 0.3) is 0 Å². The molecule has 0 amide bonds. The lowest BCUT2D eigenvalue weighted by Gasteiger charge is -2.24. The molecular weight excluding hydrogens is 306 g/mol. The molecule has 0 bridgehead atoms. The predicted molar refractivity (Wildman–Crippen MR) is 100 cm³/mol. The molecular formula is C18H23N3OS. The minimum atomic E-state index is 0.129. The lowest BCUT2D eigenvalue weighted by molar-refractivity contribution is 0.363. The SMILES string of the molecule is COc1ccc(NC(=S)N[C@H](CN(C)C)c2ccccc2)cc1. The van der Waals surface area contributed by atoms with Crippen LogP contribution in [0.2, 0.25) is 0 Å². The number of benzene rings is 2. The molecule has 23 heavy (non-hydrogen) atoms. The number of hydrogen-bond acceptors (Lipinski definition) is 3. The summed E-state index contributed by atoms with van der Waals surface area (Å²) in [7, 11) is 5.76. The molecule has 2 N–H and O–H groups in total. The minimum absolute atomic E-state index is 0.129. The number of methoxy groups -OCH3 is 1. The normalized spacial score (nSPS) is 11.8. The zero-order chi connectivity index (χ0) is 16.7. The second kappa shape index (κ2) is 8.50. The summed E-state index contributed by atoms with van der Waals surface area (Å²) in [5, 5.41) is 7.20. The van der Waals surface area contributed by atoms with Gasteiger partial charge in [-0.2, -0.15) is 0 Å². The maximum absolute atomic E-state index is 5.45. The van der Waals surface area contributed by atoms with Gasteiger partial charge >= 0.3 is 0 Å². The van der Waals surface area contributed by atoms with Gasteiger partial charge in [0.15, 0.2) is 5.11 Å². The van der Waals surface area contributed by atoms with Gasteiger partial charge in [0.2, 0.25) is 0 Å². The lowest BCUT2D eigenvalue weighted by Crippen LogP contribution is -2.37. The standard InChI is InChI=1S/C18H23N3OS/c1-21(2)13-17(14-7-5-4-6-8-14)20-18(23)19-15-9-11-16(22-3)12-10-15/h4-12,17H,13H2,1-3H3,(H2,19,20,23)/t17-/m1/s1. The van der Waals surface area contributed by atoms with Crippen LogP contribution in [0.1, 0.15) is 11.6 Å². The van der Waals surface area contributed by atoms with E-state index < -0.39 is 0 Å². The summed E-state index contributed by atoms with van der Waals surface area (Å²) in [6, 6.07) is 18.1. The van der Waals surface area contributed by atoms with Gasteiger partial charge in [-0.05, 0) is 56.1 Å². The molecule has 122 valence electrons. The van der Waals surface area contributed by atoms with Gasteiger partial charge in [0, 0.05) is 12.2 Å². The van der Waals surface area contributed by atoms with E-state index in [4.69, 9.17) is 17.0 Å². The Morgan fingerprint density at radius 1 is 1.09 bits per heavy atom. The van der Waals surface area contributed by atoms with E-state index >= 15 is 0 Å². The fourth-order valence-corrected chi connectivity index (χ4v) is 2.54. The molecule has 0 aliphatic carbocycles. The van der Waals surface area contributed by atoms with Gasteiger partial charge in [-0.1, -0.05) is 30.3 Å². The van der Waals surface area contributed by atoms with Crippen LogP contribution in [0, 0.1) is 0 Å².